The first-order valence-corrected chi connectivity index (χ1v) is 8.11. The minimum atomic E-state index is 0. The Hall–Kier alpha value is -0.536. The predicted octanol–water partition coefficient (Wildman–Crippen LogP) is 5.22. The van der Waals surface area contributed by atoms with E-state index in [1.807, 2.05) is 0 Å². The molecule has 0 aromatic heterocycles. The van der Waals surface area contributed by atoms with E-state index in [1.165, 1.54) is 35.1 Å². The molecule has 0 bridgehead atoms. The molecule has 1 N–H and O–H groups in total. The van der Waals surface area contributed by atoms with E-state index in [0.29, 0.717) is 18.4 Å². The van der Waals surface area contributed by atoms with E-state index in [2.05, 4.69) is 60.3 Å². The normalized spacial score (nSPS) is 20.8. The van der Waals surface area contributed by atoms with Gasteiger partial charge in [0.25, 0.3) is 0 Å². The Kier molecular flexibility index (Phi) is 7.42. The van der Waals surface area contributed by atoms with E-state index in [9.17, 15) is 0 Å². The molecular formula is C20H23O2Y-. The van der Waals surface area contributed by atoms with Crippen LogP contribution in [0.25, 0.3) is 11.1 Å². The van der Waals surface area contributed by atoms with Crippen LogP contribution >= 0.6 is 0 Å². The van der Waals surface area contributed by atoms with Gasteiger partial charge in [-0.05, 0) is 43.1 Å². The number of rotatable bonds is 4. The first-order valence-electron chi connectivity index (χ1n) is 8.11. The molecule has 0 atom stereocenters. The Balaban J connectivity index is 0.00000192. The fraction of sp³-hybridized carbons (Fsp3) is 0.400. The number of hydrogen-bond acceptors (Lipinski definition) is 2. The monoisotopic (exact) mass is 384 g/mol. The number of hydrogen-bond donors (Lipinski definition) is 1. The van der Waals surface area contributed by atoms with Crippen LogP contribution < -0.4 is 0 Å². The molecular weight excluding hydrogens is 361 g/mol. The molecule has 0 unspecified atom stereocenters. The van der Waals surface area contributed by atoms with Gasteiger partial charge < -0.3 is 0 Å². The van der Waals surface area contributed by atoms with Gasteiger partial charge in [-0.1, -0.05) is 36.8 Å². The Morgan fingerprint density at radius 2 is 1.65 bits per heavy atom. The predicted molar refractivity (Wildman–Crippen MR) is 88.7 cm³/mol. The zero-order valence-corrected chi connectivity index (χ0v) is 16.5. The molecule has 1 aliphatic carbocycles. The van der Waals surface area contributed by atoms with E-state index in [4.69, 9.17) is 5.26 Å². The van der Waals surface area contributed by atoms with E-state index >= 15 is 0 Å². The average molecular weight is 384 g/mol. The van der Waals surface area contributed by atoms with Gasteiger partial charge in [-0.15, -0.1) is 5.56 Å². The van der Waals surface area contributed by atoms with Gasteiger partial charge in [-0.3, -0.25) is 5.26 Å². The number of benzene rings is 2. The van der Waals surface area contributed by atoms with Crippen molar-refractivity contribution < 1.29 is 42.9 Å². The third kappa shape index (κ3) is 4.97. The summed E-state index contributed by atoms with van der Waals surface area (Å²) in [5.41, 5.74) is 5.08. The third-order valence-corrected chi connectivity index (χ3v) is 4.84. The zero-order valence-electron chi connectivity index (χ0n) is 13.7. The third-order valence-electron chi connectivity index (χ3n) is 4.84. The fourth-order valence-corrected chi connectivity index (χ4v) is 3.40. The molecule has 0 saturated heterocycles. The first-order chi connectivity index (χ1) is 10.8. The van der Waals surface area contributed by atoms with Crippen molar-refractivity contribution in [3.8, 4) is 11.1 Å². The number of aryl methyl sites for hydroxylation is 1. The molecule has 0 aliphatic heterocycles. The van der Waals surface area contributed by atoms with Gasteiger partial charge in [0.2, 0.25) is 0 Å². The van der Waals surface area contributed by atoms with Crippen molar-refractivity contribution >= 4 is 0 Å². The van der Waals surface area contributed by atoms with Gasteiger partial charge in [0.1, 0.15) is 0 Å². The van der Waals surface area contributed by atoms with E-state index in [0.717, 1.165) is 12.8 Å². The Bertz CT molecular complexity index is 584. The standard InChI is InChI=1S/C20H23O2.Y/c1-15-2-6-17(7-3-15)19-10-12-20(13-11-19)18-8-4-16(5-9-18)14-22-21;/h2,6-7,10-13,16,18,21H,4-5,8-9,14H2,1H3;/q-1;. The van der Waals surface area contributed by atoms with Crippen LogP contribution in [0.5, 0.6) is 0 Å². The fourth-order valence-electron chi connectivity index (χ4n) is 3.40. The summed E-state index contributed by atoms with van der Waals surface area (Å²) in [5, 5.41) is 8.55. The van der Waals surface area contributed by atoms with Crippen molar-refractivity contribution in [1.29, 1.82) is 0 Å². The van der Waals surface area contributed by atoms with Gasteiger partial charge in [-0.2, -0.15) is 29.8 Å². The van der Waals surface area contributed by atoms with Gasteiger partial charge in [0, 0.05) is 32.7 Å². The summed E-state index contributed by atoms with van der Waals surface area (Å²) in [6, 6.07) is 18.6. The summed E-state index contributed by atoms with van der Waals surface area (Å²) in [7, 11) is 0. The second-order valence-electron chi connectivity index (χ2n) is 6.40. The van der Waals surface area contributed by atoms with E-state index in [1.54, 1.807) is 0 Å². The Labute approximate surface area is 164 Å². The minimum absolute atomic E-state index is 0. The average Bonchev–Trinajstić information content (AvgIpc) is 2.57. The summed E-state index contributed by atoms with van der Waals surface area (Å²) in [6.07, 6.45) is 4.65. The maximum Gasteiger partial charge on any atom is 0.0847 e. The molecule has 2 nitrogen and oxygen atoms in total. The molecule has 1 aliphatic rings. The van der Waals surface area contributed by atoms with Gasteiger partial charge in [0.15, 0.2) is 0 Å². The zero-order chi connectivity index (χ0) is 15.4. The van der Waals surface area contributed by atoms with Gasteiger partial charge >= 0.3 is 0 Å². The van der Waals surface area contributed by atoms with Crippen molar-refractivity contribution in [3.05, 3.63) is 59.7 Å². The summed E-state index contributed by atoms with van der Waals surface area (Å²) >= 11 is 0. The molecule has 1 fully saturated rings. The summed E-state index contributed by atoms with van der Waals surface area (Å²) in [5.74, 6) is 1.16. The van der Waals surface area contributed by atoms with Crippen molar-refractivity contribution in [2.24, 2.45) is 5.92 Å². The molecule has 0 heterocycles. The van der Waals surface area contributed by atoms with E-state index in [-0.39, 0.29) is 32.7 Å². The molecule has 0 spiro atoms. The SMILES string of the molecule is Cc1[c-]cc(-c2ccc(C3CCC(COO)CC3)cc2)cc1.[Y]. The Morgan fingerprint density at radius 3 is 2.22 bits per heavy atom. The van der Waals surface area contributed by atoms with Gasteiger partial charge in [-0.25, -0.2) is 4.89 Å². The van der Waals surface area contributed by atoms with Crippen molar-refractivity contribution in [2.75, 3.05) is 6.61 Å². The van der Waals surface area contributed by atoms with Crippen LogP contribution in [0.3, 0.4) is 0 Å². The minimum Gasteiger partial charge on any atom is -0.252 e. The first kappa shape index (κ1) is 18.8. The molecule has 119 valence electrons. The maximum absolute atomic E-state index is 8.55. The molecule has 1 radical (unpaired) electrons. The maximum atomic E-state index is 8.55. The molecule has 3 rings (SSSR count). The molecule has 2 aromatic rings. The Morgan fingerprint density at radius 1 is 1.00 bits per heavy atom. The van der Waals surface area contributed by atoms with Crippen molar-refractivity contribution in [2.45, 2.75) is 38.5 Å². The second-order valence-corrected chi connectivity index (χ2v) is 6.40. The molecule has 0 amide bonds. The summed E-state index contributed by atoms with van der Waals surface area (Å²) in [6.45, 7) is 2.54. The summed E-state index contributed by atoms with van der Waals surface area (Å²) in [4.78, 5) is 4.29. The summed E-state index contributed by atoms with van der Waals surface area (Å²) < 4.78 is 0. The largest absolute Gasteiger partial charge is 0.252 e. The molecule has 1 saturated carbocycles. The van der Waals surface area contributed by atoms with E-state index < -0.39 is 0 Å². The van der Waals surface area contributed by atoms with Crippen molar-refractivity contribution in [1.82, 2.24) is 0 Å². The molecule has 23 heavy (non-hydrogen) atoms. The van der Waals surface area contributed by atoms with Crippen LogP contribution in [-0.4, -0.2) is 11.9 Å². The van der Waals surface area contributed by atoms with Crippen LogP contribution in [0, 0.1) is 18.9 Å². The molecule has 2 aromatic carbocycles. The van der Waals surface area contributed by atoms with Crippen LogP contribution in [0.2, 0.25) is 0 Å². The smallest absolute Gasteiger partial charge is 0.0847 e. The topological polar surface area (TPSA) is 29.5 Å². The quantitative estimate of drug-likeness (QED) is 0.445. The van der Waals surface area contributed by atoms with Crippen LogP contribution in [0.1, 0.15) is 42.7 Å². The van der Waals surface area contributed by atoms with Crippen LogP contribution in [0.15, 0.2) is 42.5 Å². The molecule has 3 heteroatoms. The van der Waals surface area contributed by atoms with Crippen LogP contribution in [0.4, 0.5) is 0 Å². The van der Waals surface area contributed by atoms with Crippen molar-refractivity contribution in [3.63, 3.8) is 0 Å². The van der Waals surface area contributed by atoms with Crippen LogP contribution in [-0.2, 0) is 37.6 Å². The second kappa shape index (κ2) is 9.08. The van der Waals surface area contributed by atoms with Gasteiger partial charge in [0.05, 0.1) is 6.61 Å².